The highest BCUT2D eigenvalue weighted by Gasteiger charge is 2.31. The van der Waals surface area contributed by atoms with Crippen molar-refractivity contribution in [3.63, 3.8) is 0 Å². The number of carbonyl (C=O) groups is 1. The molecule has 0 aromatic carbocycles. The van der Waals surface area contributed by atoms with E-state index < -0.39 is 27.3 Å². The number of hydrogen-bond donors (Lipinski definition) is 2. The molecule has 1 unspecified atom stereocenters. The van der Waals surface area contributed by atoms with Crippen LogP contribution in [0.15, 0.2) is 12.7 Å². The molecule has 0 aromatic rings. The van der Waals surface area contributed by atoms with Crippen molar-refractivity contribution in [2.24, 2.45) is 0 Å². The molecule has 2 N–H and O–H groups in total. The summed E-state index contributed by atoms with van der Waals surface area (Å²) < 4.78 is 29.5. The van der Waals surface area contributed by atoms with Crippen molar-refractivity contribution in [1.82, 2.24) is 5.32 Å². The minimum absolute atomic E-state index is 0.683. The third kappa shape index (κ3) is 4.59. The molecule has 0 aliphatic rings. The second kappa shape index (κ2) is 4.21. The van der Waals surface area contributed by atoms with Crippen molar-refractivity contribution in [2.45, 2.75) is 12.5 Å². The van der Waals surface area contributed by atoms with E-state index in [2.05, 4.69) is 11.9 Å². The Kier molecular flexibility index (Phi) is 3.80. The van der Waals surface area contributed by atoms with Crippen molar-refractivity contribution in [3.8, 4) is 6.07 Å². The monoisotopic (exact) mass is 218 g/mol. The van der Waals surface area contributed by atoms with E-state index in [-0.39, 0.29) is 0 Å². The molecule has 0 bridgehead atoms. The van der Waals surface area contributed by atoms with Crippen molar-refractivity contribution >= 4 is 16.0 Å². The lowest BCUT2D eigenvalue weighted by molar-refractivity contribution is -0.117. The van der Waals surface area contributed by atoms with Gasteiger partial charge < -0.3 is 5.32 Å². The fraction of sp³-hybridized carbons (Fsp3) is 0.429. The largest absolute Gasteiger partial charge is 0.334 e. The van der Waals surface area contributed by atoms with Crippen LogP contribution in [-0.4, -0.2) is 30.2 Å². The normalized spacial score (nSPS) is 14.9. The molecule has 0 radical (unpaired) electrons. The molecule has 7 heteroatoms. The van der Waals surface area contributed by atoms with Gasteiger partial charge in [0.05, 0.1) is 6.07 Å². The lowest BCUT2D eigenvalue weighted by Gasteiger charge is -2.20. The number of nitrogens with zero attached hydrogens (tertiary/aromatic N) is 1. The van der Waals surface area contributed by atoms with Gasteiger partial charge in [-0.15, -0.1) is 0 Å². The maximum Gasteiger partial charge on any atom is 0.268 e. The number of carbonyl (C=O) groups excluding carboxylic acids is 1. The van der Waals surface area contributed by atoms with Gasteiger partial charge in [0, 0.05) is 0 Å². The third-order valence-electron chi connectivity index (χ3n) is 1.30. The Bertz CT molecular complexity index is 381. The summed E-state index contributed by atoms with van der Waals surface area (Å²) in [5.74, 6) is -1.55. The fourth-order valence-electron chi connectivity index (χ4n) is 0.784. The molecule has 14 heavy (non-hydrogen) atoms. The van der Waals surface area contributed by atoms with Crippen molar-refractivity contribution in [3.05, 3.63) is 12.7 Å². The molecule has 0 saturated heterocycles. The molecule has 0 aromatic heterocycles. The van der Waals surface area contributed by atoms with E-state index in [0.717, 1.165) is 6.08 Å². The predicted molar refractivity (Wildman–Crippen MR) is 48.8 cm³/mol. The Hall–Kier alpha value is -1.39. The summed E-state index contributed by atoms with van der Waals surface area (Å²) in [6.45, 7) is 4.32. The molecule has 0 rings (SSSR count). The highest BCUT2D eigenvalue weighted by Crippen LogP contribution is 2.05. The minimum atomic E-state index is -4.32. The Morgan fingerprint density at radius 3 is 2.57 bits per heavy atom. The zero-order valence-corrected chi connectivity index (χ0v) is 8.34. The highest BCUT2D eigenvalue weighted by atomic mass is 32.2. The second-order valence-electron chi connectivity index (χ2n) is 2.86. The van der Waals surface area contributed by atoms with Crippen LogP contribution in [0.5, 0.6) is 0 Å². The fourth-order valence-corrected chi connectivity index (χ4v) is 1.65. The molecule has 0 aliphatic heterocycles. The topological polar surface area (TPSA) is 107 Å². The van der Waals surface area contributed by atoms with Crippen LogP contribution in [0.1, 0.15) is 6.92 Å². The molecular weight excluding hydrogens is 208 g/mol. The molecule has 1 amide bonds. The van der Waals surface area contributed by atoms with Crippen LogP contribution in [0.4, 0.5) is 0 Å². The first-order valence-electron chi connectivity index (χ1n) is 3.53. The summed E-state index contributed by atoms with van der Waals surface area (Å²) >= 11 is 0. The summed E-state index contributed by atoms with van der Waals surface area (Å²) in [6, 6.07) is 1.58. The zero-order valence-electron chi connectivity index (χ0n) is 7.52. The van der Waals surface area contributed by atoms with Gasteiger partial charge >= 0.3 is 0 Å². The standard InChI is InChI=1S/C7H10N2O4S/c1-3-6(10)9-7(2,4-8)5-14(11,12)13/h3H,1,5H2,2H3,(H,9,10)(H,11,12,13). The summed E-state index contributed by atoms with van der Waals surface area (Å²) in [5.41, 5.74) is -1.65. The molecular formula is C7H10N2O4S. The zero-order chi connectivity index (χ0) is 11.4. The maximum absolute atomic E-state index is 10.8. The van der Waals surface area contributed by atoms with E-state index in [0.29, 0.717) is 0 Å². The smallest absolute Gasteiger partial charge is 0.268 e. The third-order valence-corrected chi connectivity index (χ3v) is 2.24. The van der Waals surface area contributed by atoms with E-state index in [1.807, 2.05) is 0 Å². The highest BCUT2D eigenvalue weighted by molar-refractivity contribution is 7.85. The van der Waals surface area contributed by atoms with Crippen LogP contribution < -0.4 is 5.32 Å². The number of amides is 1. The Labute approximate surface area is 82.0 Å². The molecule has 78 valence electrons. The number of hydrogen-bond acceptors (Lipinski definition) is 4. The van der Waals surface area contributed by atoms with Gasteiger partial charge in [0.1, 0.15) is 11.3 Å². The summed E-state index contributed by atoms with van der Waals surface area (Å²) in [5, 5.41) is 10.7. The molecule has 0 fully saturated rings. The van der Waals surface area contributed by atoms with Gasteiger partial charge in [-0.1, -0.05) is 6.58 Å². The van der Waals surface area contributed by atoms with Gasteiger partial charge in [0.2, 0.25) is 5.91 Å². The average molecular weight is 218 g/mol. The molecule has 0 saturated carbocycles. The lowest BCUT2D eigenvalue weighted by atomic mass is 10.1. The maximum atomic E-state index is 10.8. The van der Waals surface area contributed by atoms with Gasteiger partial charge in [-0.2, -0.15) is 13.7 Å². The minimum Gasteiger partial charge on any atom is -0.334 e. The first-order chi connectivity index (χ1) is 6.22. The number of rotatable bonds is 4. The predicted octanol–water partition coefficient (Wildman–Crippen LogP) is -0.541. The Morgan fingerprint density at radius 2 is 2.29 bits per heavy atom. The average Bonchev–Trinajstić information content (AvgIpc) is 2.00. The first kappa shape index (κ1) is 12.6. The molecule has 0 aliphatic carbocycles. The van der Waals surface area contributed by atoms with E-state index in [9.17, 15) is 13.2 Å². The summed E-state index contributed by atoms with van der Waals surface area (Å²) in [6.07, 6.45) is 0.902. The Balaban J connectivity index is 4.76. The van der Waals surface area contributed by atoms with Crippen LogP contribution in [0.3, 0.4) is 0 Å². The van der Waals surface area contributed by atoms with Crippen molar-refractivity contribution < 1.29 is 17.8 Å². The quantitative estimate of drug-likeness (QED) is 0.486. The molecule has 6 nitrogen and oxygen atoms in total. The van der Waals surface area contributed by atoms with Gasteiger partial charge in [-0.25, -0.2) is 0 Å². The summed E-state index contributed by atoms with van der Waals surface area (Å²) in [7, 11) is -4.32. The van der Waals surface area contributed by atoms with Crippen molar-refractivity contribution in [2.75, 3.05) is 5.75 Å². The van der Waals surface area contributed by atoms with E-state index in [4.69, 9.17) is 9.81 Å². The van der Waals surface area contributed by atoms with Gasteiger partial charge in [0.15, 0.2) is 0 Å². The molecule has 0 heterocycles. The SMILES string of the molecule is C=CC(=O)NC(C)(C#N)CS(=O)(=O)O. The molecule has 0 spiro atoms. The van der Waals surface area contributed by atoms with Crippen LogP contribution in [0.25, 0.3) is 0 Å². The van der Waals surface area contributed by atoms with E-state index in [1.54, 1.807) is 6.07 Å². The van der Waals surface area contributed by atoms with Crippen LogP contribution in [0, 0.1) is 11.3 Å². The summed E-state index contributed by atoms with van der Waals surface area (Å²) in [4.78, 5) is 10.8. The Morgan fingerprint density at radius 1 is 1.79 bits per heavy atom. The van der Waals surface area contributed by atoms with Crippen LogP contribution in [0.2, 0.25) is 0 Å². The van der Waals surface area contributed by atoms with Gasteiger partial charge in [-0.05, 0) is 13.0 Å². The van der Waals surface area contributed by atoms with Crippen molar-refractivity contribution in [1.29, 1.82) is 5.26 Å². The number of nitriles is 1. The van der Waals surface area contributed by atoms with E-state index in [1.165, 1.54) is 6.92 Å². The lowest BCUT2D eigenvalue weighted by Crippen LogP contribution is -2.49. The van der Waals surface area contributed by atoms with Gasteiger partial charge in [0.25, 0.3) is 10.1 Å². The first-order valence-corrected chi connectivity index (χ1v) is 5.14. The van der Waals surface area contributed by atoms with Crippen LogP contribution >= 0.6 is 0 Å². The van der Waals surface area contributed by atoms with E-state index >= 15 is 0 Å². The van der Waals surface area contributed by atoms with Gasteiger partial charge in [-0.3, -0.25) is 9.35 Å². The second-order valence-corrected chi connectivity index (χ2v) is 4.32. The van der Waals surface area contributed by atoms with Crippen LogP contribution in [-0.2, 0) is 14.9 Å². The molecule has 1 atom stereocenters. The number of nitrogens with one attached hydrogen (secondary N) is 1.